The first kappa shape index (κ1) is 14.3. The van der Waals surface area contributed by atoms with Crippen LogP contribution in [0, 0.1) is 6.92 Å². The third-order valence-electron chi connectivity index (χ3n) is 4.39. The maximum Gasteiger partial charge on any atom is 0.243 e. The lowest BCUT2D eigenvalue weighted by molar-refractivity contribution is 0.227. The average molecular weight is 315 g/mol. The molecule has 2 saturated heterocycles. The van der Waals surface area contributed by atoms with Crippen molar-refractivity contribution >= 4 is 21.6 Å². The number of nitrogens with two attached hydrogens (primary N) is 1. The molecule has 0 radical (unpaired) electrons. The maximum absolute atomic E-state index is 12.9. The van der Waals surface area contributed by atoms with E-state index in [-0.39, 0.29) is 18.1 Å². The van der Waals surface area contributed by atoms with E-state index >= 15 is 0 Å². The van der Waals surface area contributed by atoms with Gasteiger partial charge in [-0.3, -0.25) is 0 Å². The Bertz CT molecular complexity index is 618. The van der Waals surface area contributed by atoms with Crippen molar-refractivity contribution < 1.29 is 8.42 Å². The van der Waals surface area contributed by atoms with Crippen LogP contribution in [0.4, 0.5) is 0 Å². The zero-order valence-electron chi connectivity index (χ0n) is 11.4. The molecule has 2 aliphatic rings. The fourth-order valence-corrected chi connectivity index (χ4v) is 5.91. The first-order chi connectivity index (χ1) is 9.39. The number of hydrogen-bond donors (Lipinski definition) is 1. The lowest BCUT2D eigenvalue weighted by atomic mass is 10.0. The molecule has 110 valence electrons. The number of halogens is 1. The molecule has 2 unspecified atom stereocenters. The first-order valence-corrected chi connectivity index (χ1v) is 8.76. The summed E-state index contributed by atoms with van der Waals surface area (Å²) < 4.78 is 27.6. The van der Waals surface area contributed by atoms with Gasteiger partial charge in [0.25, 0.3) is 0 Å². The average Bonchev–Trinajstić information content (AvgIpc) is 2.62. The Morgan fingerprint density at radius 1 is 1.25 bits per heavy atom. The summed E-state index contributed by atoms with van der Waals surface area (Å²) in [5.74, 6) is 0. The van der Waals surface area contributed by atoms with E-state index in [1.165, 1.54) is 0 Å². The molecular formula is C14H19ClN2O2S. The van der Waals surface area contributed by atoms with E-state index < -0.39 is 10.0 Å². The van der Waals surface area contributed by atoms with Crippen LogP contribution in [-0.4, -0.2) is 30.8 Å². The summed E-state index contributed by atoms with van der Waals surface area (Å²) in [5, 5.41) is 0.560. The standard InChI is InChI=1S/C14H19ClN2O2S/c1-9-6-10(15)2-5-14(9)20(18,19)17-12-3-4-13(17)8-11(16)7-12/h2,5-6,11-13H,3-4,7-8,16H2,1H3. The van der Waals surface area contributed by atoms with Crippen molar-refractivity contribution in [2.24, 2.45) is 5.73 Å². The van der Waals surface area contributed by atoms with E-state index in [0.29, 0.717) is 15.5 Å². The molecule has 2 atom stereocenters. The summed E-state index contributed by atoms with van der Waals surface area (Å²) in [5.41, 5.74) is 6.71. The number of piperidine rings is 1. The van der Waals surface area contributed by atoms with Crippen molar-refractivity contribution in [1.82, 2.24) is 4.31 Å². The number of benzene rings is 1. The highest BCUT2D eigenvalue weighted by atomic mass is 35.5. The highest BCUT2D eigenvalue weighted by Crippen LogP contribution is 2.39. The smallest absolute Gasteiger partial charge is 0.243 e. The van der Waals surface area contributed by atoms with Crippen LogP contribution in [0.3, 0.4) is 0 Å². The van der Waals surface area contributed by atoms with Crippen LogP contribution >= 0.6 is 11.6 Å². The number of nitrogens with zero attached hydrogens (tertiary/aromatic N) is 1. The van der Waals surface area contributed by atoms with Crippen molar-refractivity contribution in [1.29, 1.82) is 0 Å². The van der Waals surface area contributed by atoms with Gasteiger partial charge in [0.05, 0.1) is 4.90 Å². The topological polar surface area (TPSA) is 63.4 Å². The lowest BCUT2D eigenvalue weighted by Crippen LogP contribution is -2.50. The van der Waals surface area contributed by atoms with Crippen molar-refractivity contribution in [3.8, 4) is 0 Å². The summed E-state index contributed by atoms with van der Waals surface area (Å²) in [6.07, 6.45) is 3.37. The molecule has 0 amide bonds. The number of fused-ring (bicyclic) bond motifs is 2. The Labute approximate surface area is 125 Å². The van der Waals surface area contributed by atoms with Gasteiger partial charge in [-0.1, -0.05) is 11.6 Å². The molecule has 0 spiro atoms. The zero-order chi connectivity index (χ0) is 14.5. The molecule has 3 rings (SSSR count). The molecule has 1 aromatic carbocycles. The molecule has 2 heterocycles. The minimum Gasteiger partial charge on any atom is -0.328 e. The van der Waals surface area contributed by atoms with Crippen molar-refractivity contribution in [2.45, 2.75) is 55.6 Å². The van der Waals surface area contributed by atoms with Crippen molar-refractivity contribution in [2.75, 3.05) is 0 Å². The van der Waals surface area contributed by atoms with Crippen LogP contribution in [0.5, 0.6) is 0 Å². The molecule has 2 bridgehead atoms. The number of hydrogen-bond acceptors (Lipinski definition) is 3. The highest BCUT2D eigenvalue weighted by molar-refractivity contribution is 7.89. The van der Waals surface area contributed by atoms with E-state index in [1.807, 2.05) is 0 Å². The van der Waals surface area contributed by atoms with Crippen LogP contribution in [0.2, 0.25) is 5.02 Å². The third-order valence-corrected chi connectivity index (χ3v) is 6.80. The monoisotopic (exact) mass is 314 g/mol. The Balaban J connectivity index is 2.01. The van der Waals surface area contributed by atoms with Gasteiger partial charge in [-0.15, -0.1) is 0 Å². The van der Waals surface area contributed by atoms with Crippen LogP contribution in [-0.2, 0) is 10.0 Å². The normalized spacial score (nSPS) is 30.6. The fraction of sp³-hybridized carbons (Fsp3) is 0.571. The van der Waals surface area contributed by atoms with E-state index in [0.717, 1.165) is 25.7 Å². The second-order valence-corrected chi connectivity index (χ2v) is 8.11. The molecule has 0 aromatic heterocycles. The lowest BCUT2D eigenvalue weighted by Gasteiger charge is -2.36. The predicted molar refractivity (Wildman–Crippen MR) is 79.2 cm³/mol. The van der Waals surface area contributed by atoms with Gasteiger partial charge in [-0.2, -0.15) is 4.31 Å². The molecule has 0 aliphatic carbocycles. The maximum atomic E-state index is 12.9. The molecule has 0 saturated carbocycles. The van der Waals surface area contributed by atoms with Gasteiger partial charge in [0.15, 0.2) is 0 Å². The molecule has 20 heavy (non-hydrogen) atoms. The quantitative estimate of drug-likeness (QED) is 0.911. The predicted octanol–water partition coefficient (Wildman–Crippen LogP) is 2.29. The van der Waals surface area contributed by atoms with Gasteiger partial charge >= 0.3 is 0 Å². The van der Waals surface area contributed by atoms with Crippen LogP contribution in [0.25, 0.3) is 0 Å². The van der Waals surface area contributed by atoms with E-state index in [2.05, 4.69) is 0 Å². The van der Waals surface area contributed by atoms with Gasteiger partial charge in [0.2, 0.25) is 10.0 Å². The molecule has 4 nitrogen and oxygen atoms in total. The zero-order valence-corrected chi connectivity index (χ0v) is 13.0. The molecule has 1 aromatic rings. The second-order valence-electron chi connectivity index (χ2n) is 5.86. The minimum atomic E-state index is -3.45. The van der Waals surface area contributed by atoms with E-state index in [9.17, 15) is 8.42 Å². The Kier molecular flexibility index (Phi) is 3.57. The largest absolute Gasteiger partial charge is 0.328 e. The highest BCUT2D eigenvalue weighted by Gasteiger charge is 2.46. The second kappa shape index (κ2) is 4.98. The van der Waals surface area contributed by atoms with Gasteiger partial charge in [0, 0.05) is 23.1 Å². The molecule has 6 heteroatoms. The summed E-state index contributed by atoms with van der Waals surface area (Å²) in [6.45, 7) is 1.79. The molecule has 2 fully saturated rings. The van der Waals surface area contributed by atoms with Gasteiger partial charge in [0.1, 0.15) is 0 Å². The molecule has 2 N–H and O–H groups in total. The number of rotatable bonds is 2. The Morgan fingerprint density at radius 3 is 2.40 bits per heavy atom. The van der Waals surface area contributed by atoms with Crippen LogP contribution in [0.1, 0.15) is 31.2 Å². The minimum absolute atomic E-state index is 0.0591. The Hall–Kier alpha value is -0.620. The van der Waals surface area contributed by atoms with Gasteiger partial charge < -0.3 is 5.73 Å². The van der Waals surface area contributed by atoms with Crippen molar-refractivity contribution in [3.05, 3.63) is 28.8 Å². The molecule has 2 aliphatic heterocycles. The fourth-order valence-electron chi connectivity index (χ4n) is 3.58. The van der Waals surface area contributed by atoms with E-state index in [1.54, 1.807) is 29.4 Å². The van der Waals surface area contributed by atoms with E-state index in [4.69, 9.17) is 17.3 Å². The van der Waals surface area contributed by atoms with Crippen LogP contribution < -0.4 is 5.73 Å². The number of sulfonamides is 1. The SMILES string of the molecule is Cc1cc(Cl)ccc1S(=O)(=O)N1C2CCC1CC(N)C2. The van der Waals surface area contributed by atoms with Gasteiger partial charge in [-0.05, 0) is 56.4 Å². The summed E-state index contributed by atoms with van der Waals surface area (Å²) >= 11 is 5.92. The summed E-state index contributed by atoms with van der Waals surface area (Å²) in [7, 11) is -3.45. The number of aryl methyl sites for hydroxylation is 1. The van der Waals surface area contributed by atoms with Crippen LogP contribution in [0.15, 0.2) is 23.1 Å². The van der Waals surface area contributed by atoms with Crippen molar-refractivity contribution in [3.63, 3.8) is 0 Å². The molecular weight excluding hydrogens is 296 g/mol. The van der Waals surface area contributed by atoms with Gasteiger partial charge in [-0.25, -0.2) is 8.42 Å². The Morgan fingerprint density at radius 2 is 1.85 bits per heavy atom. The summed E-state index contributed by atoms with van der Waals surface area (Å²) in [4.78, 5) is 0.370. The first-order valence-electron chi connectivity index (χ1n) is 6.95. The third kappa shape index (κ3) is 2.26. The summed E-state index contributed by atoms with van der Waals surface area (Å²) in [6, 6.07) is 5.20.